The Labute approximate surface area is 196 Å². The van der Waals surface area contributed by atoms with Gasteiger partial charge in [-0.1, -0.05) is 6.07 Å². The van der Waals surface area contributed by atoms with Crippen molar-refractivity contribution in [1.29, 1.82) is 0 Å². The van der Waals surface area contributed by atoms with Gasteiger partial charge in [0.2, 0.25) is 5.91 Å². The first-order valence-corrected chi connectivity index (χ1v) is 10.3. The van der Waals surface area contributed by atoms with Crippen LogP contribution >= 0.6 is 0 Å². The number of nitrogens with zero attached hydrogens (tertiary/aromatic N) is 5. The second kappa shape index (κ2) is 8.53. The van der Waals surface area contributed by atoms with Crippen molar-refractivity contribution in [2.24, 2.45) is 7.05 Å². The lowest BCUT2D eigenvalue weighted by Crippen LogP contribution is -2.46. The molecule has 0 unspecified atom stereocenters. The molecule has 2 N–H and O–H groups in total. The minimum atomic E-state index is -4.72. The van der Waals surface area contributed by atoms with Gasteiger partial charge in [0, 0.05) is 37.5 Å². The highest BCUT2D eigenvalue weighted by Crippen LogP contribution is 2.31. The van der Waals surface area contributed by atoms with E-state index in [0.717, 1.165) is 22.2 Å². The van der Waals surface area contributed by atoms with Gasteiger partial charge in [-0.2, -0.15) is 18.3 Å². The molecule has 0 saturated carbocycles. The third-order valence-corrected chi connectivity index (χ3v) is 5.71. The lowest BCUT2D eigenvalue weighted by molar-refractivity contribution is -0.140. The van der Waals surface area contributed by atoms with Crippen molar-refractivity contribution in [2.45, 2.75) is 19.6 Å². The molecule has 182 valence electrons. The molecular weight excluding hydrogens is 468 g/mol. The number of hydrogen-bond donors (Lipinski definition) is 1. The van der Waals surface area contributed by atoms with Crippen LogP contribution < -0.4 is 5.73 Å². The Balaban J connectivity index is 1.77. The summed E-state index contributed by atoms with van der Waals surface area (Å²) in [4.78, 5) is 29.9. The largest absolute Gasteiger partial charge is 0.416 e. The Hall–Kier alpha value is -4.22. The van der Waals surface area contributed by atoms with E-state index in [1.54, 1.807) is 30.1 Å². The first-order valence-electron chi connectivity index (χ1n) is 10.3. The average Bonchev–Trinajstić information content (AvgIpc) is 3.19. The zero-order valence-corrected chi connectivity index (χ0v) is 18.9. The Morgan fingerprint density at radius 1 is 1.11 bits per heavy atom. The van der Waals surface area contributed by atoms with Crippen LogP contribution in [0.5, 0.6) is 0 Å². The van der Waals surface area contributed by atoms with E-state index in [2.05, 4.69) is 10.1 Å². The number of fused-ring (bicyclic) bond motifs is 3. The van der Waals surface area contributed by atoms with Crippen LogP contribution in [0.1, 0.15) is 28.4 Å². The van der Waals surface area contributed by atoms with Crippen LogP contribution in [-0.4, -0.2) is 43.6 Å². The van der Waals surface area contributed by atoms with Gasteiger partial charge in [-0.15, -0.1) is 0 Å². The number of hydrogen-bond acceptors (Lipinski definition) is 5. The number of hydrazine groups is 1. The lowest BCUT2D eigenvalue weighted by Gasteiger charge is -2.31. The number of rotatable bonds is 3. The van der Waals surface area contributed by atoms with Gasteiger partial charge < -0.3 is 5.73 Å². The highest BCUT2D eigenvalue weighted by atomic mass is 19.4. The molecule has 12 heteroatoms. The molecule has 8 nitrogen and oxygen atoms in total. The van der Waals surface area contributed by atoms with E-state index in [1.165, 1.54) is 20.0 Å². The molecule has 4 rings (SSSR count). The number of aryl methyl sites for hydroxylation is 1. The monoisotopic (exact) mass is 488 g/mol. The zero-order chi connectivity index (χ0) is 25.7. The molecule has 2 aromatic carbocycles. The molecule has 0 saturated heterocycles. The Kier molecular flexibility index (Phi) is 5.83. The number of alkyl halides is 3. The maximum atomic E-state index is 14.5. The molecule has 0 radical (unpaired) electrons. The first-order chi connectivity index (χ1) is 16.4. The standard InChI is InChI=1S/C23H20F4N6O2/c1-12(34)32(3)33(11-14-4-6-15(9-18(14)24)23(25,26)27)22(35)13-5-7-19-16(8-13)20-17(21(28)30-19)10-29-31(20)2/h4-10H,11H2,1-3H3,(H2,28,30). The fraction of sp³-hybridized carbons (Fsp3) is 0.217. The predicted molar refractivity (Wildman–Crippen MR) is 120 cm³/mol. The van der Waals surface area contributed by atoms with Gasteiger partial charge in [-0.3, -0.25) is 19.3 Å². The number of pyridine rings is 1. The fourth-order valence-corrected chi connectivity index (χ4v) is 3.74. The summed E-state index contributed by atoms with van der Waals surface area (Å²) >= 11 is 0. The summed E-state index contributed by atoms with van der Waals surface area (Å²) in [6, 6.07) is 6.63. The first kappa shape index (κ1) is 23.9. The van der Waals surface area contributed by atoms with Crippen molar-refractivity contribution in [2.75, 3.05) is 12.8 Å². The molecule has 0 aliphatic heterocycles. The zero-order valence-electron chi connectivity index (χ0n) is 18.9. The van der Waals surface area contributed by atoms with Gasteiger partial charge in [0.15, 0.2) is 0 Å². The smallest absolute Gasteiger partial charge is 0.383 e. The molecule has 2 heterocycles. The maximum Gasteiger partial charge on any atom is 0.416 e. The summed E-state index contributed by atoms with van der Waals surface area (Å²) in [6.45, 7) is 0.730. The summed E-state index contributed by atoms with van der Waals surface area (Å²) in [5.74, 6) is -2.08. The highest BCUT2D eigenvalue weighted by Gasteiger charge is 2.32. The number of halogens is 4. The van der Waals surface area contributed by atoms with Crippen LogP contribution in [0.2, 0.25) is 0 Å². The van der Waals surface area contributed by atoms with Gasteiger partial charge in [-0.05, 0) is 30.3 Å². The summed E-state index contributed by atoms with van der Waals surface area (Å²) in [5.41, 5.74) is 5.95. The number of anilines is 1. The molecule has 0 spiro atoms. The van der Waals surface area contributed by atoms with Crippen molar-refractivity contribution >= 4 is 39.4 Å². The second-order valence-corrected chi connectivity index (χ2v) is 7.97. The maximum absolute atomic E-state index is 14.5. The van der Waals surface area contributed by atoms with Gasteiger partial charge in [0.1, 0.15) is 11.6 Å². The topological polar surface area (TPSA) is 97.3 Å². The molecule has 2 aromatic heterocycles. The number of benzene rings is 2. The number of carbonyl (C=O) groups is 2. The van der Waals surface area contributed by atoms with E-state index in [1.807, 2.05) is 0 Å². The minimum Gasteiger partial charge on any atom is -0.383 e. The number of carbonyl (C=O) groups excluding carboxylic acids is 2. The SMILES string of the molecule is CC(=O)N(C)N(Cc1ccc(C(F)(F)F)cc1F)C(=O)c1ccc2nc(N)c3cnn(C)c3c2c1. The lowest BCUT2D eigenvalue weighted by atomic mass is 10.1. The predicted octanol–water partition coefficient (Wildman–Crippen LogP) is 3.90. The Morgan fingerprint density at radius 3 is 2.46 bits per heavy atom. The summed E-state index contributed by atoms with van der Waals surface area (Å²) < 4.78 is 54.8. The Morgan fingerprint density at radius 2 is 1.83 bits per heavy atom. The summed E-state index contributed by atoms with van der Waals surface area (Å²) in [6.07, 6.45) is -3.17. The quantitative estimate of drug-likeness (QED) is 0.349. The molecular formula is C23H20F4N6O2. The number of nitrogens with two attached hydrogens (primary N) is 1. The number of nitrogen functional groups attached to an aromatic ring is 1. The van der Waals surface area contributed by atoms with Crippen molar-refractivity contribution in [3.05, 3.63) is 65.1 Å². The van der Waals surface area contributed by atoms with E-state index < -0.39 is 35.9 Å². The third-order valence-electron chi connectivity index (χ3n) is 5.71. The van der Waals surface area contributed by atoms with Crippen LogP contribution in [-0.2, 0) is 24.6 Å². The van der Waals surface area contributed by atoms with Gasteiger partial charge in [-0.25, -0.2) is 14.4 Å². The van der Waals surface area contributed by atoms with E-state index in [-0.39, 0.29) is 16.9 Å². The second-order valence-electron chi connectivity index (χ2n) is 7.97. The molecule has 35 heavy (non-hydrogen) atoms. The average molecular weight is 488 g/mol. The fourth-order valence-electron chi connectivity index (χ4n) is 3.74. The van der Waals surface area contributed by atoms with Crippen LogP contribution in [0.25, 0.3) is 21.8 Å². The van der Waals surface area contributed by atoms with Crippen LogP contribution in [0.15, 0.2) is 42.6 Å². The molecule has 4 aromatic rings. The molecule has 0 bridgehead atoms. The van der Waals surface area contributed by atoms with Gasteiger partial charge in [0.25, 0.3) is 5.91 Å². The van der Waals surface area contributed by atoms with Gasteiger partial charge >= 0.3 is 6.18 Å². The highest BCUT2D eigenvalue weighted by molar-refractivity contribution is 6.10. The molecule has 0 fully saturated rings. The minimum absolute atomic E-state index is 0.145. The van der Waals surface area contributed by atoms with E-state index in [0.29, 0.717) is 27.9 Å². The van der Waals surface area contributed by atoms with Crippen LogP contribution in [0, 0.1) is 5.82 Å². The van der Waals surface area contributed by atoms with Crippen molar-refractivity contribution in [3.8, 4) is 0 Å². The molecule has 2 amide bonds. The third kappa shape index (κ3) is 4.34. The van der Waals surface area contributed by atoms with Crippen LogP contribution in [0.3, 0.4) is 0 Å². The molecule has 0 aliphatic carbocycles. The molecule has 0 atom stereocenters. The van der Waals surface area contributed by atoms with Gasteiger partial charge in [0.05, 0.1) is 34.7 Å². The normalized spacial score (nSPS) is 11.7. The van der Waals surface area contributed by atoms with Crippen molar-refractivity contribution < 1.29 is 27.2 Å². The van der Waals surface area contributed by atoms with Crippen molar-refractivity contribution in [3.63, 3.8) is 0 Å². The van der Waals surface area contributed by atoms with E-state index >= 15 is 0 Å². The number of amides is 2. The van der Waals surface area contributed by atoms with Crippen molar-refractivity contribution in [1.82, 2.24) is 24.8 Å². The van der Waals surface area contributed by atoms with E-state index in [4.69, 9.17) is 5.73 Å². The summed E-state index contributed by atoms with van der Waals surface area (Å²) in [7, 11) is 3.02. The number of aromatic nitrogens is 3. The van der Waals surface area contributed by atoms with Crippen LogP contribution in [0.4, 0.5) is 23.4 Å². The van der Waals surface area contributed by atoms with E-state index in [9.17, 15) is 27.2 Å². The Bertz CT molecular complexity index is 1480. The summed E-state index contributed by atoms with van der Waals surface area (Å²) in [5, 5.41) is 7.29. The molecule has 0 aliphatic rings.